The number of carbonyl (C=O) groups is 1. The van der Waals surface area contributed by atoms with Gasteiger partial charge in [-0.15, -0.1) is 0 Å². The van der Waals surface area contributed by atoms with Gasteiger partial charge >= 0.3 is 5.97 Å². The van der Waals surface area contributed by atoms with E-state index in [1.807, 2.05) is 30.3 Å². The Bertz CT molecular complexity index is 967. The zero-order valence-corrected chi connectivity index (χ0v) is 17.6. The van der Waals surface area contributed by atoms with Crippen LogP contribution in [0.15, 0.2) is 59.1 Å². The second-order valence-corrected chi connectivity index (χ2v) is 7.36. The summed E-state index contributed by atoms with van der Waals surface area (Å²) in [5, 5.41) is 4.07. The second-order valence-electron chi connectivity index (χ2n) is 7.36. The first-order valence-corrected chi connectivity index (χ1v) is 10.3. The minimum atomic E-state index is -0.369. The summed E-state index contributed by atoms with van der Waals surface area (Å²) in [6, 6.07) is 16.9. The molecule has 1 aromatic heterocycles. The highest BCUT2D eigenvalue weighted by Crippen LogP contribution is 2.18. The third-order valence-corrected chi connectivity index (χ3v) is 5.28. The first-order valence-electron chi connectivity index (χ1n) is 10.3. The third kappa shape index (κ3) is 5.68. The molecule has 2 heterocycles. The summed E-state index contributed by atoms with van der Waals surface area (Å²) in [6.45, 7) is 6.07. The van der Waals surface area contributed by atoms with Crippen LogP contribution in [0.4, 0.5) is 0 Å². The lowest BCUT2D eigenvalue weighted by molar-refractivity contribution is 0.0600. The van der Waals surface area contributed by atoms with Crippen molar-refractivity contribution in [3.8, 4) is 17.1 Å². The Balaban J connectivity index is 1.22. The number of hydrogen-bond donors (Lipinski definition) is 0. The van der Waals surface area contributed by atoms with Crippen molar-refractivity contribution < 1.29 is 18.8 Å². The van der Waals surface area contributed by atoms with Gasteiger partial charge in [0.1, 0.15) is 12.4 Å². The molecule has 0 amide bonds. The monoisotopic (exact) mass is 422 g/mol. The van der Waals surface area contributed by atoms with E-state index >= 15 is 0 Å². The van der Waals surface area contributed by atoms with Gasteiger partial charge in [0.15, 0.2) is 0 Å². The molecule has 0 spiro atoms. The number of para-hydroxylation sites is 1. The van der Waals surface area contributed by atoms with Crippen LogP contribution in [0.2, 0.25) is 0 Å². The molecule has 31 heavy (non-hydrogen) atoms. The SMILES string of the molecule is COC(=O)c1ccc(-c2noc(CN3CCN(CCOc4ccccc4)CC3)n2)cc1. The molecule has 0 aliphatic carbocycles. The lowest BCUT2D eigenvalue weighted by Gasteiger charge is -2.33. The molecule has 0 saturated carbocycles. The van der Waals surface area contributed by atoms with Crippen LogP contribution in [0.5, 0.6) is 5.75 Å². The third-order valence-electron chi connectivity index (χ3n) is 5.28. The average molecular weight is 422 g/mol. The van der Waals surface area contributed by atoms with E-state index in [1.165, 1.54) is 7.11 Å². The molecular formula is C23H26N4O4. The summed E-state index contributed by atoms with van der Waals surface area (Å²) < 4.78 is 15.9. The number of aromatic nitrogens is 2. The van der Waals surface area contributed by atoms with Crippen molar-refractivity contribution in [3.05, 3.63) is 66.1 Å². The quantitative estimate of drug-likeness (QED) is 0.513. The summed E-state index contributed by atoms with van der Waals surface area (Å²) in [4.78, 5) is 20.8. The molecule has 8 heteroatoms. The normalized spacial score (nSPS) is 15.0. The van der Waals surface area contributed by atoms with E-state index < -0.39 is 0 Å². The number of carbonyl (C=O) groups excluding carboxylic acids is 1. The molecule has 0 bridgehead atoms. The van der Waals surface area contributed by atoms with Gasteiger partial charge in [-0.2, -0.15) is 4.98 Å². The molecule has 1 aliphatic rings. The van der Waals surface area contributed by atoms with Crippen LogP contribution in [0, 0.1) is 0 Å². The van der Waals surface area contributed by atoms with Gasteiger partial charge in [-0.3, -0.25) is 9.80 Å². The zero-order chi connectivity index (χ0) is 21.5. The van der Waals surface area contributed by atoms with Crippen LogP contribution < -0.4 is 4.74 Å². The summed E-state index contributed by atoms with van der Waals surface area (Å²) in [7, 11) is 1.36. The minimum Gasteiger partial charge on any atom is -0.492 e. The highest BCUT2D eigenvalue weighted by Gasteiger charge is 2.19. The molecule has 0 radical (unpaired) electrons. The predicted molar refractivity (Wildman–Crippen MR) is 115 cm³/mol. The van der Waals surface area contributed by atoms with Crippen LogP contribution in [0.25, 0.3) is 11.4 Å². The maximum Gasteiger partial charge on any atom is 0.337 e. The number of methoxy groups -OCH3 is 1. The summed E-state index contributed by atoms with van der Waals surface area (Å²) in [5.74, 6) is 1.65. The van der Waals surface area contributed by atoms with Crippen LogP contribution in [-0.2, 0) is 11.3 Å². The molecule has 1 aliphatic heterocycles. The molecule has 162 valence electrons. The fraction of sp³-hybridized carbons (Fsp3) is 0.348. The van der Waals surface area contributed by atoms with E-state index in [0.717, 1.165) is 44.0 Å². The number of ether oxygens (including phenoxy) is 2. The molecule has 4 rings (SSSR count). The smallest absolute Gasteiger partial charge is 0.337 e. The van der Waals surface area contributed by atoms with E-state index in [1.54, 1.807) is 24.3 Å². The molecule has 1 saturated heterocycles. The standard InChI is InChI=1S/C23H26N4O4/c1-29-23(28)19-9-7-18(8-10-19)22-24-21(31-25-22)17-27-13-11-26(12-14-27)15-16-30-20-5-3-2-4-6-20/h2-10H,11-17H2,1H3. The number of benzene rings is 2. The predicted octanol–water partition coefficient (Wildman–Crippen LogP) is 2.72. The van der Waals surface area contributed by atoms with Crippen LogP contribution in [-0.4, -0.2) is 72.4 Å². The largest absolute Gasteiger partial charge is 0.492 e. The van der Waals surface area contributed by atoms with E-state index in [-0.39, 0.29) is 5.97 Å². The average Bonchev–Trinajstić information content (AvgIpc) is 3.29. The van der Waals surface area contributed by atoms with Crippen molar-refractivity contribution in [1.29, 1.82) is 0 Å². The van der Waals surface area contributed by atoms with Crippen LogP contribution >= 0.6 is 0 Å². The number of piperazine rings is 1. The Hall–Kier alpha value is -3.23. The Morgan fingerprint density at radius 2 is 1.71 bits per heavy atom. The highest BCUT2D eigenvalue weighted by molar-refractivity contribution is 5.89. The molecule has 0 N–H and O–H groups in total. The van der Waals surface area contributed by atoms with Gasteiger partial charge in [0.25, 0.3) is 0 Å². The van der Waals surface area contributed by atoms with Crippen molar-refractivity contribution in [2.24, 2.45) is 0 Å². The maximum absolute atomic E-state index is 11.5. The van der Waals surface area contributed by atoms with Crippen molar-refractivity contribution in [2.45, 2.75) is 6.54 Å². The number of nitrogens with zero attached hydrogens (tertiary/aromatic N) is 4. The number of esters is 1. The summed E-state index contributed by atoms with van der Waals surface area (Å²) in [6.07, 6.45) is 0. The van der Waals surface area contributed by atoms with E-state index in [9.17, 15) is 4.79 Å². The van der Waals surface area contributed by atoms with Crippen molar-refractivity contribution in [3.63, 3.8) is 0 Å². The van der Waals surface area contributed by atoms with Crippen LogP contribution in [0.3, 0.4) is 0 Å². The lowest BCUT2D eigenvalue weighted by Crippen LogP contribution is -2.47. The molecule has 8 nitrogen and oxygen atoms in total. The fourth-order valence-corrected chi connectivity index (χ4v) is 3.48. The van der Waals surface area contributed by atoms with Gasteiger partial charge in [-0.05, 0) is 24.3 Å². The van der Waals surface area contributed by atoms with Gasteiger partial charge in [-0.25, -0.2) is 4.79 Å². The van der Waals surface area contributed by atoms with Gasteiger partial charge < -0.3 is 14.0 Å². The first-order chi connectivity index (χ1) is 15.2. The van der Waals surface area contributed by atoms with Crippen molar-refractivity contribution in [2.75, 3.05) is 46.4 Å². The van der Waals surface area contributed by atoms with Crippen LogP contribution in [0.1, 0.15) is 16.2 Å². The molecule has 2 aromatic carbocycles. The second kappa shape index (κ2) is 10.2. The highest BCUT2D eigenvalue weighted by atomic mass is 16.5. The van der Waals surface area contributed by atoms with Gasteiger partial charge in [-0.1, -0.05) is 35.5 Å². The summed E-state index contributed by atoms with van der Waals surface area (Å²) in [5.41, 5.74) is 1.29. The number of rotatable bonds is 8. The molecule has 0 atom stereocenters. The topological polar surface area (TPSA) is 80.9 Å². The van der Waals surface area contributed by atoms with Crippen molar-refractivity contribution >= 4 is 5.97 Å². The zero-order valence-electron chi connectivity index (χ0n) is 17.6. The molecular weight excluding hydrogens is 396 g/mol. The van der Waals surface area contributed by atoms with Gasteiger partial charge in [0, 0.05) is 38.3 Å². The Morgan fingerprint density at radius 3 is 2.42 bits per heavy atom. The van der Waals surface area contributed by atoms with E-state index in [0.29, 0.717) is 30.4 Å². The fourth-order valence-electron chi connectivity index (χ4n) is 3.48. The Kier molecular flexibility index (Phi) is 6.91. The summed E-state index contributed by atoms with van der Waals surface area (Å²) >= 11 is 0. The Morgan fingerprint density at radius 1 is 1.00 bits per heavy atom. The molecule has 0 unspecified atom stereocenters. The maximum atomic E-state index is 11.5. The number of hydrogen-bond acceptors (Lipinski definition) is 8. The lowest BCUT2D eigenvalue weighted by atomic mass is 10.1. The van der Waals surface area contributed by atoms with Crippen molar-refractivity contribution in [1.82, 2.24) is 19.9 Å². The molecule has 1 fully saturated rings. The first kappa shape index (κ1) is 21.0. The minimum absolute atomic E-state index is 0.369. The van der Waals surface area contributed by atoms with E-state index in [2.05, 4.69) is 19.9 Å². The van der Waals surface area contributed by atoms with E-state index in [4.69, 9.17) is 14.0 Å². The van der Waals surface area contributed by atoms with Gasteiger partial charge in [0.05, 0.1) is 19.2 Å². The van der Waals surface area contributed by atoms with Gasteiger partial charge in [0.2, 0.25) is 11.7 Å². The Labute approximate surface area is 181 Å². The molecule has 3 aromatic rings.